The van der Waals surface area contributed by atoms with Crippen molar-refractivity contribution in [1.29, 1.82) is 0 Å². The Hall–Kier alpha value is -2.04. The monoisotopic (exact) mass is 206 g/mol. The van der Waals surface area contributed by atoms with Gasteiger partial charge in [0.2, 0.25) is 0 Å². The SMILES string of the molecule is COc1ccc(OC)c2c(O)cnnc12. The van der Waals surface area contributed by atoms with Gasteiger partial charge in [0.1, 0.15) is 22.8 Å². The van der Waals surface area contributed by atoms with E-state index in [1.807, 2.05) is 0 Å². The van der Waals surface area contributed by atoms with Crippen molar-refractivity contribution in [2.24, 2.45) is 0 Å². The highest BCUT2D eigenvalue weighted by atomic mass is 16.5. The van der Waals surface area contributed by atoms with E-state index < -0.39 is 0 Å². The van der Waals surface area contributed by atoms with E-state index in [9.17, 15) is 5.11 Å². The van der Waals surface area contributed by atoms with Gasteiger partial charge in [-0.3, -0.25) is 0 Å². The Morgan fingerprint density at radius 2 is 1.80 bits per heavy atom. The minimum Gasteiger partial charge on any atom is -0.505 e. The molecule has 0 saturated heterocycles. The van der Waals surface area contributed by atoms with Crippen LogP contribution in [0.4, 0.5) is 0 Å². The van der Waals surface area contributed by atoms with Crippen molar-refractivity contribution in [2.75, 3.05) is 14.2 Å². The third kappa shape index (κ3) is 1.41. The zero-order chi connectivity index (χ0) is 10.8. The summed E-state index contributed by atoms with van der Waals surface area (Å²) in [6.07, 6.45) is 1.27. The molecule has 0 bridgehead atoms. The summed E-state index contributed by atoms with van der Waals surface area (Å²) in [6.45, 7) is 0. The molecule has 1 N–H and O–H groups in total. The van der Waals surface area contributed by atoms with Crippen molar-refractivity contribution in [3.63, 3.8) is 0 Å². The summed E-state index contributed by atoms with van der Waals surface area (Å²) in [7, 11) is 3.06. The first-order valence-electron chi connectivity index (χ1n) is 4.33. The molecule has 5 heteroatoms. The molecule has 0 saturated carbocycles. The van der Waals surface area contributed by atoms with Gasteiger partial charge in [0.15, 0.2) is 0 Å². The third-order valence-electron chi connectivity index (χ3n) is 2.14. The van der Waals surface area contributed by atoms with Gasteiger partial charge >= 0.3 is 0 Å². The zero-order valence-corrected chi connectivity index (χ0v) is 8.39. The standard InChI is InChI=1S/C10H10N2O3/c1-14-7-3-4-8(15-2)10-9(7)6(13)5-11-12-10/h3-5H,1-2H3,(H,12,13). The molecule has 0 spiro atoms. The first kappa shape index (κ1) is 9.51. The molecule has 15 heavy (non-hydrogen) atoms. The zero-order valence-electron chi connectivity index (χ0n) is 8.39. The quantitative estimate of drug-likeness (QED) is 0.803. The number of hydrogen-bond donors (Lipinski definition) is 1. The summed E-state index contributed by atoms with van der Waals surface area (Å²) < 4.78 is 10.2. The van der Waals surface area contributed by atoms with Crippen molar-refractivity contribution in [2.45, 2.75) is 0 Å². The molecule has 0 fully saturated rings. The minimum absolute atomic E-state index is 0.0238. The summed E-state index contributed by atoms with van der Waals surface area (Å²) >= 11 is 0. The second kappa shape index (κ2) is 3.61. The lowest BCUT2D eigenvalue weighted by atomic mass is 10.2. The van der Waals surface area contributed by atoms with Gasteiger partial charge in [-0.2, -0.15) is 5.10 Å². The third-order valence-corrected chi connectivity index (χ3v) is 2.14. The van der Waals surface area contributed by atoms with Gasteiger partial charge in [-0.15, -0.1) is 5.10 Å². The molecular formula is C10H10N2O3. The minimum atomic E-state index is 0.0238. The van der Waals surface area contributed by atoms with E-state index in [1.54, 1.807) is 12.1 Å². The van der Waals surface area contributed by atoms with Crippen LogP contribution in [0.5, 0.6) is 17.2 Å². The van der Waals surface area contributed by atoms with Crippen molar-refractivity contribution < 1.29 is 14.6 Å². The molecule has 1 heterocycles. The lowest BCUT2D eigenvalue weighted by Crippen LogP contribution is -1.93. The van der Waals surface area contributed by atoms with Crippen LogP contribution in [-0.4, -0.2) is 29.5 Å². The van der Waals surface area contributed by atoms with Crippen molar-refractivity contribution >= 4 is 10.9 Å². The highest BCUT2D eigenvalue weighted by Crippen LogP contribution is 2.36. The fraction of sp³-hybridized carbons (Fsp3) is 0.200. The van der Waals surface area contributed by atoms with Crippen molar-refractivity contribution in [1.82, 2.24) is 10.2 Å². The summed E-state index contributed by atoms with van der Waals surface area (Å²) in [5.74, 6) is 1.11. The Morgan fingerprint density at radius 3 is 2.47 bits per heavy atom. The van der Waals surface area contributed by atoms with Crippen LogP contribution >= 0.6 is 0 Å². The number of nitrogens with zero attached hydrogens (tertiary/aromatic N) is 2. The van der Waals surface area contributed by atoms with E-state index in [2.05, 4.69) is 10.2 Å². The van der Waals surface area contributed by atoms with Crippen LogP contribution in [-0.2, 0) is 0 Å². The average Bonchev–Trinajstić information content (AvgIpc) is 2.28. The van der Waals surface area contributed by atoms with Gasteiger partial charge < -0.3 is 14.6 Å². The van der Waals surface area contributed by atoms with Crippen LogP contribution in [0.25, 0.3) is 10.9 Å². The molecule has 2 aromatic rings. The van der Waals surface area contributed by atoms with Gasteiger partial charge in [-0.05, 0) is 12.1 Å². The number of benzene rings is 1. The Labute approximate surface area is 86.3 Å². The van der Waals surface area contributed by atoms with E-state index in [-0.39, 0.29) is 5.75 Å². The Morgan fingerprint density at radius 1 is 1.13 bits per heavy atom. The fourth-order valence-corrected chi connectivity index (χ4v) is 1.44. The smallest absolute Gasteiger partial charge is 0.149 e. The lowest BCUT2D eigenvalue weighted by Gasteiger charge is -2.08. The molecule has 0 aliphatic rings. The summed E-state index contributed by atoms with van der Waals surface area (Å²) in [5, 5.41) is 17.7. The van der Waals surface area contributed by atoms with Gasteiger partial charge in [0.25, 0.3) is 0 Å². The lowest BCUT2D eigenvalue weighted by molar-refractivity contribution is 0.406. The maximum Gasteiger partial charge on any atom is 0.149 e. The first-order valence-corrected chi connectivity index (χ1v) is 4.33. The number of ether oxygens (including phenoxy) is 2. The Bertz CT molecular complexity index is 499. The second-order valence-electron chi connectivity index (χ2n) is 2.92. The molecule has 0 atom stereocenters. The van der Waals surface area contributed by atoms with Crippen molar-refractivity contribution in [3.8, 4) is 17.2 Å². The number of fused-ring (bicyclic) bond motifs is 1. The number of aromatic hydroxyl groups is 1. The molecular weight excluding hydrogens is 196 g/mol. The molecule has 0 radical (unpaired) electrons. The predicted molar refractivity (Wildman–Crippen MR) is 54.3 cm³/mol. The summed E-state index contributed by atoms with van der Waals surface area (Å²) in [5.41, 5.74) is 0.483. The summed E-state index contributed by atoms with van der Waals surface area (Å²) in [6, 6.07) is 3.43. The van der Waals surface area contributed by atoms with Gasteiger partial charge in [0, 0.05) is 0 Å². The molecule has 0 unspecified atom stereocenters. The summed E-state index contributed by atoms with van der Waals surface area (Å²) in [4.78, 5) is 0. The Kier molecular flexibility index (Phi) is 2.29. The molecule has 0 aliphatic heterocycles. The van der Waals surface area contributed by atoms with Crippen LogP contribution < -0.4 is 9.47 Å². The van der Waals surface area contributed by atoms with E-state index >= 15 is 0 Å². The van der Waals surface area contributed by atoms with Crippen LogP contribution in [0.2, 0.25) is 0 Å². The predicted octanol–water partition coefficient (Wildman–Crippen LogP) is 1.35. The van der Waals surface area contributed by atoms with Crippen LogP contribution in [0, 0.1) is 0 Å². The molecule has 0 aliphatic carbocycles. The van der Waals surface area contributed by atoms with Gasteiger partial charge in [0.05, 0.1) is 25.8 Å². The maximum absolute atomic E-state index is 9.67. The maximum atomic E-state index is 9.67. The number of methoxy groups -OCH3 is 2. The highest BCUT2D eigenvalue weighted by molar-refractivity contribution is 5.94. The fourth-order valence-electron chi connectivity index (χ4n) is 1.44. The second-order valence-corrected chi connectivity index (χ2v) is 2.92. The van der Waals surface area contributed by atoms with Gasteiger partial charge in [-0.1, -0.05) is 0 Å². The normalized spacial score (nSPS) is 10.3. The first-order chi connectivity index (χ1) is 7.27. The van der Waals surface area contributed by atoms with Crippen LogP contribution in [0.15, 0.2) is 18.3 Å². The topological polar surface area (TPSA) is 64.5 Å². The molecule has 0 amide bonds. The molecule has 1 aromatic heterocycles. The van der Waals surface area contributed by atoms with Gasteiger partial charge in [-0.25, -0.2) is 0 Å². The van der Waals surface area contributed by atoms with E-state index in [1.165, 1.54) is 20.4 Å². The highest BCUT2D eigenvalue weighted by Gasteiger charge is 2.12. The van der Waals surface area contributed by atoms with Crippen molar-refractivity contribution in [3.05, 3.63) is 18.3 Å². The van der Waals surface area contributed by atoms with Crippen LogP contribution in [0.1, 0.15) is 0 Å². The number of rotatable bonds is 2. The van der Waals surface area contributed by atoms with E-state index in [4.69, 9.17) is 9.47 Å². The molecule has 5 nitrogen and oxygen atoms in total. The largest absolute Gasteiger partial charge is 0.505 e. The van der Waals surface area contributed by atoms with E-state index in [0.717, 1.165) is 0 Å². The molecule has 1 aromatic carbocycles. The average molecular weight is 206 g/mol. The molecule has 78 valence electrons. The molecule has 2 rings (SSSR count). The van der Waals surface area contributed by atoms with E-state index in [0.29, 0.717) is 22.4 Å². The number of hydrogen-bond acceptors (Lipinski definition) is 5. The number of aromatic nitrogens is 2. The van der Waals surface area contributed by atoms with Crippen LogP contribution in [0.3, 0.4) is 0 Å². The Balaban J connectivity index is 2.86.